The van der Waals surface area contributed by atoms with Crippen LogP contribution in [0.25, 0.3) is 0 Å². The highest BCUT2D eigenvalue weighted by atomic mass is 16.2. The Bertz CT molecular complexity index is 446. The molecule has 0 saturated carbocycles. The van der Waals surface area contributed by atoms with Crippen LogP contribution < -0.4 is 0 Å². The van der Waals surface area contributed by atoms with Crippen molar-refractivity contribution in [2.24, 2.45) is 5.92 Å². The van der Waals surface area contributed by atoms with E-state index < -0.39 is 0 Å². The lowest BCUT2D eigenvalue weighted by Crippen LogP contribution is -2.36. The third-order valence-corrected chi connectivity index (χ3v) is 4.24. The number of piperidine rings is 1. The molecule has 18 heavy (non-hydrogen) atoms. The van der Waals surface area contributed by atoms with Gasteiger partial charge in [0.15, 0.2) is 5.69 Å². The van der Waals surface area contributed by atoms with Gasteiger partial charge >= 0.3 is 0 Å². The quantitative estimate of drug-likeness (QED) is 0.826. The van der Waals surface area contributed by atoms with Gasteiger partial charge in [0, 0.05) is 24.3 Å². The Hall–Kier alpha value is -1.32. The number of hydrogen-bond donors (Lipinski definition) is 1. The van der Waals surface area contributed by atoms with Crippen LogP contribution in [0.4, 0.5) is 0 Å². The molecule has 1 aromatic rings. The lowest BCUT2D eigenvalue weighted by molar-refractivity contribution is 0.0717. The second-order valence-corrected chi connectivity index (χ2v) is 5.73. The first-order chi connectivity index (χ1) is 8.75. The summed E-state index contributed by atoms with van der Waals surface area (Å²) in [6.07, 6.45) is 6.76. The zero-order valence-electron chi connectivity index (χ0n) is 11.0. The lowest BCUT2D eigenvalue weighted by atomic mass is 9.87. The van der Waals surface area contributed by atoms with Crippen LogP contribution in [-0.4, -0.2) is 34.1 Å². The van der Waals surface area contributed by atoms with Crippen molar-refractivity contribution in [2.75, 3.05) is 13.1 Å². The smallest absolute Gasteiger partial charge is 0.274 e. The van der Waals surface area contributed by atoms with Crippen LogP contribution in [0.3, 0.4) is 0 Å². The summed E-state index contributed by atoms with van der Waals surface area (Å²) >= 11 is 0. The molecule has 0 spiro atoms. The van der Waals surface area contributed by atoms with Crippen molar-refractivity contribution >= 4 is 5.91 Å². The zero-order valence-corrected chi connectivity index (χ0v) is 11.0. The normalized spacial score (nSPS) is 23.8. The van der Waals surface area contributed by atoms with Crippen molar-refractivity contribution in [3.05, 3.63) is 17.0 Å². The minimum Gasteiger partial charge on any atom is -0.337 e. The number of amides is 1. The van der Waals surface area contributed by atoms with Gasteiger partial charge in [-0.3, -0.25) is 9.89 Å². The first kappa shape index (κ1) is 11.8. The van der Waals surface area contributed by atoms with Crippen LogP contribution >= 0.6 is 0 Å². The summed E-state index contributed by atoms with van der Waals surface area (Å²) < 4.78 is 0. The van der Waals surface area contributed by atoms with Crippen molar-refractivity contribution in [3.63, 3.8) is 0 Å². The summed E-state index contributed by atoms with van der Waals surface area (Å²) in [5.41, 5.74) is 3.07. The number of aromatic nitrogens is 2. The van der Waals surface area contributed by atoms with Gasteiger partial charge in [-0.1, -0.05) is 6.92 Å². The molecule has 1 aliphatic carbocycles. The van der Waals surface area contributed by atoms with Crippen molar-refractivity contribution in [1.82, 2.24) is 15.1 Å². The second-order valence-electron chi connectivity index (χ2n) is 5.73. The highest BCUT2D eigenvalue weighted by Gasteiger charge is 2.28. The SMILES string of the molecule is C[C@@H]1CCc2[nH]nc(C(=O)N3CCCCC3)c2C1. The Balaban J connectivity index is 1.83. The highest BCUT2D eigenvalue weighted by Crippen LogP contribution is 2.27. The van der Waals surface area contributed by atoms with Gasteiger partial charge in [-0.15, -0.1) is 0 Å². The Morgan fingerprint density at radius 2 is 2.11 bits per heavy atom. The predicted octanol–water partition coefficient (Wildman–Crippen LogP) is 2.16. The molecule has 1 aromatic heterocycles. The average molecular weight is 247 g/mol. The number of carbonyl (C=O) groups is 1. The molecule has 1 N–H and O–H groups in total. The molecule has 1 saturated heterocycles. The Kier molecular flexibility index (Phi) is 3.10. The van der Waals surface area contributed by atoms with E-state index in [4.69, 9.17) is 0 Å². The van der Waals surface area contributed by atoms with Crippen LogP contribution in [0.15, 0.2) is 0 Å². The predicted molar refractivity (Wildman–Crippen MR) is 69.5 cm³/mol. The maximum Gasteiger partial charge on any atom is 0.274 e. The molecular weight excluding hydrogens is 226 g/mol. The minimum absolute atomic E-state index is 0.140. The third kappa shape index (κ3) is 2.04. The van der Waals surface area contributed by atoms with E-state index in [1.807, 2.05) is 4.90 Å². The van der Waals surface area contributed by atoms with Gasteiger partial charge in [-0.05, 0) is 44.4 Å². The molecule has 3 rings (SSSR count). The average Bonchev–Trinajstić information content (AvgIpc) is 2.82. The first-order valence-corrected chi connectivity index (χ1v) is 7.11. The fourth-order valence-electron chi connectivity index (χ4n) is 3.09. The molecular formula is C14H21N3O. The van der Waals surface area contributed by atoms with Gasteiger partial charge in [0.2, 0.25) is 0 Å². The van der Waals surface area contributed by atoms with Gasteiger partial charge < -0.3 is 4.90 Å². The molecule has 1 aliphatic heterocycles. The van der Waals surface area contributed by atoms with E-state index in [0.717, 1.165) is 38.8 Å². The molecule has 4 heteroatoms. The van der Waals surface area contributed by atoms with E-state index >= 15 is 0 Å². The summed E-state index contributed by atoms with van der Waals surface area (Å²) in [6.45, 7) is 4.05. The fourth-order valence-corrected chi connectivity index (χ4v) is 3.09. The summed E-state index contributed by atoms with van der Waals surface area (Å²) in [5, 5.41) is 7.36. The maximum atomic E-state index is 12.5. The van der Waals surface area contributed by atoms with Crippen molar-refractivity contribution < 1.29 is 4.79 Å². The lowest BCUT2D eigenvalue weighted by Gasteiger charge is -2.27. The van der Waals surface area contributed by atoms with E-state index in [1.165, 1.54) is 24.1 Å². The minimum atomic E-state index is 0.140. The molecule has 0 bridgehead atoms. The Morgan fingerprint density at radius 1 is 1.33 bits per heavy atom. The van der Waals surface area contributed by atoms with Gasteiger partial charge in [-0.2, -0.15) is 5.10 Å². The molecule has 0 unspecified atom stereocenters. The van der Waals surface area contributed by atoms with Crippen LogP contribution in [0, 0.1) is 5.92 Å². The van der Waals surface area contributed by atoms with Gasteiger partial charge in [-0.25, -0.2) is 0 Å². The number of fused-ring (bicyclic) bond motifs is 1. The summed E-state index contributed by atoms with van der Waals surface area (Å²) in [6, 6.07) is 0. The van der Waals surface area contributed by atoms with E-state index in [2.05, 4.69) is 17.1 Å². The molecule has 4 nitrogen and oxygen atoms in total. The topological polar surface area (TPSA) is 49.0 Å². The monoisotopic (exact) mass is 247 g/mol. The van der Waals surface area contributed by atoms with E-state index in [9.17, 15) is 4.79 Å². The van der Waals surface area contributed by atoms with Gasteiger partial charge in [0.1, 0.15) is 0 Å². The molecule has 2 heterocycles. The number of aryl methyl sites for hydroxylation is 1. The summed E-state index contributed by atoms with van der Waals surface area (Å²) in [4.78, 5) is 14.5. The molecule has 1 atom stereocenters. The largest absolute Gasteiger partial charge is 0.337 e. The Labute approximate surface area is 108 Å². The van der Waals surface area contributed by atoms with Crippen LogP contribution in [0.1, 0.15) is 54.4 Å². The molecule has 2 aliphatic rings. The van der Waals surface area contributed by atoms with Gasteiger partial charge in [0.25, 0.3) is 5.91 Å². The number of aromatic amines is 1. The van der Waals surface area contributed by atoms with E-state index in [1.54, 1.807) is 0 Å². The first-order valence-electron chi connectivity index (χ1n) is 7.11. The van der Waals surface area contributed by atoms with E-state index in [-0.39, 0.29) is 5.91 Å². The number of nitrogens with one attached hydrogen (secondary N) is 1. The maximum absolute atomic E-state index is 12.5. The summed E-state index contributed by atoms with van der Waals surface area (Å²) in [5.74, 6) is 0.810. The highest BCUT2D eigenvalue weighted by molar-refractivity contribution is 5.94. The number of H-pyrrole nitrogens is 1. The molecule has 0 radical (unpaired) electrons. The summed E-state index contributed by atoms with van der Waals surface area (Å²) in [7, 11) is 0. The molecule has 98 valence electrons. The number of rotatable bonds is 1. The van der Waals surface area contributed by atoms with Crippen LogP contribution in [0.2, 0.25) is 0 Å². The number of nitrogens with zero attached hydrogens (tertiary/aromatic N) is 2. The number of carbonyl (C=O) groups excluding carboxylic acids is 1. The number of likely N-dealkylation sites (tertiary alicyclic amines) is 1. The van der Waals surface area contributed by atoms with Crippen molar-refractivity contribution in [1.29, 1.82) is 0 Å². The van der Waals surface area contributed by atoms with E-state index in [0.29, 0.717) is 11.6 Å². The zero-order chi connectivity index (χ0) is 12.5. The van der Waals surface area contributed by atoms with Gasteiger partial charge in [0.05, 0.1) is 0 Å². The standard InChI is InChI=1S/C14H21N3O/c1-10-5-6-12-11(9-10)13(16-15-12)14(18)17-7-3-2-4-8-17/h10H,2-9H2,1H3,(H,15,16)/t10-/m1/s1. The van der Waals surface area contributed by atoms with Crippen molar-refractivity contribution in [3.8, 4) is 0 Å². The fraction of sp³-hybridized carbons (Fsp3) is 0.714. The third-order valence-electron chi connectivity index (χ3n) is 4.24. The molecule has 0 aromatic carbocycles. The number of hydrogen-bond acceptors (Lipinski definition) is 2. The second kappa shape index (κ2) is 4.75. The van der Waals surface area contributed by atoms with Crippen LogP contribution in [0.5, 0.6) is 0 Å². The Morgan fingerprint density at radius 3 is 2.89 bits per heavy atom. The molecule has 1 amide bonds. The van der Waals surface area contributed by atoms with Crippen molar-refractivity contribution in [2.45, 2.75) is 45.4 Å². The molecule has 1 fully saturated rings. The van der Waals surface area contributed by atoms with Crippen LogP contribution in [-0.2, 0) is 12.8 Å².